The van der Waals surface area contributed by atoms with Crippen LogP contribution in [0.5, 0.6) is 5.75 Å². The number of amides is 2. The molecule has 0 heterocycles. The van der Waals surface area contributed by atoms with E-state index < -0.39 is 6.03 Å². The summed E-state index contributed by atoms with van der Waals surface area (Å²) < 4.78 is 5.76. The lowest BCUT2D eigenvalue weighted by Gasteiger charge is -2.08. The van der Waals surface area contributed by atoms with Gasteiger partial charge >= 0.3 is 6.03 Å². The number of urea groups is 1. The van der Waals surface area contributed by atoms with Gasteiger partial charge in [0.15, 0.2) is 0 Å². The molecule has 3 N–H and O–H groups in total. The maximum atomic E-state index is 10.6. The fourth-order valence-electron chi connectivity index (χ4n) is 1.81. The van der Waals surface area contributed by atoms with Gasteiger partial charge < -0.3 is 10.5 Å². The molecule has 2 rings (SSSR count). The molecule has 2 aromatic carbocycles. The number of primary amides is 1. The maximum Gasteiger partial charge on any atom is 0.332 e. The zero-order valence-corrected chi connectivity index (χ0v) is 11.5. The molecule has 21 heavy (non-hydrogen) atoms. The van der Waals surface area contributed by atoms with Crippen LogP contribution < -0.4 is 15.9 Å². The number of nitrogens with zero attached hydrogens (tertiary/aromatic N) is 1. The Hall–Kier alpha value is -2.82. The first-order valence-electron chi connectivity index (χ1n) is 6.60. The van der Waals surface area contributed by atoms with Crippen molar-refractivity contribution in [2.75, 3.05) is 6.61 Å². The van der Waals surface area contributed by atoms with E-state index in [0.717, 1.165) is 12.0 Å². The highest BCUT2D eigenvalue weighted by Crippen LogP contribution is 2.16. The molecule has 0 aliphatic heterocycles. The van der Waals surface area contributed by atoms with E-state index >= 15 is 0 Å². The van der Waals surface area contributed by atoms with Gasteiger partial charge in [0.1, 0.15) is 5.75 Å². The number of hydrogen-bond acceptors (Lipinski definition) is 3. The SMILES string of the molecule is NC(=O)NN=Cc1ccccc1OCCc1ccccc1. The first-order chi connectivity index (χ1) is 10.3. The van der Waals surface area contributed by atoms with Gasteiger partial charge in [-0.15, -0.1) is 0 Å². The first-order valence-corrected chi connectivity index (χ1v) is 6.60. The molecule has 0 aromatic heterocycles. The lowest BCUT2D eigenvalue weighted by atomic mass is 10.2. The summed E-state index contributed by atoms with van der Waals surface area (Å²) in [6.07, 6.45) is 2.33. The van der Waals surface area contributed by atoms with Crippen molar-refractivity contribution >= 4 is 12.2 Å². The van der Waals surface area contributed by atoms with Gasteiger partial charge in [0.05, 0.1) is 12.8 Å². The van der Waals surface area contributed by atoms with Crippen LogP contribution in [0.3, 0.4) is 0 Å². The largest absolute Gasteiger partial charge is 0.493 e. The van der Waals surface area contributed by atoms with E-state index in [1.54, 1.807) is 0 Å². The second-order valence-corrected chi connectivity index (χ2v) is 4.36. The number of carbonyl (C=O) groups is 1. The number of hydrazone groups is 1. The third-order valence-corrected chi connectivity index (χ3v) is 2.79. The molecule has 0 aliphatic rings. The van der Waals surface area contributed by atoms with Gasteiger partial charge in [0.2, 0.25) is 0 Å². The van der Waals surface area contributed by atoms with E-state index in [-0.39, 0.29) is 0 Å². The van der Waals surface area contributed by atoms with Crippen molar-refractivity contribution < 1.29 is 9.53 Å². The second kappa shape index (κ2) is 7.69. The summed E-state index contributed by atoms with van der Waals surface area (Å²) in [6, 6.07) is 16.9. The van der Waals surface area contributed by atoms with Crippen LogP contribution in [-0.4, -0.2) is 18.9 Å². The monoisotopic (exact) mass is 283 g/mol. The third-order valence-electron chi connectivity index (χ3n) is 2.79. The molecule has 2 aromatic rings. The van der Waals surface area contributed by atoms with E-state index in [2.05, 4.69) is 22.7 Å². The Kier molecular flexibility index (Phi) is 5.34. The van der Waals surface area contributed by atoms with Crippen LogP contribution in [0.25, 0.3) is 0 Å². The summed E-state index contributed by atoms with van der Waals surface area (Å²) in [7, 11) is 0. The number of carbonyl (C=O) groups excluding carboxylic acids is 1. The highest BCUT2D eigenvalue weighted by Gasteiger charge is 2.01. The summed E-state index contributed by atoms with van der Waals surface area (Å²) in [5, 5.41) is 3.74. The molecule has 0 unspecified atom stereocenters. The van der Waals surface area contributed by atoms with Crippen LogP contribution >= 0.6 is 0 Å². The minimum absolute atomic E-state index is 0.568. The molecule has 2 amide bonds. The van der Waals surface area contributed by atoms with Gasteiger partial charge in [-0.1, -0.05) is 42.5 Å². The molecule has 0 bridgehead atoms. The summed E-state index contributed by atoms with van der Waals surface area (Å²) in [5.74, 6) is 0.712. The number of para-hydroxylation sites is 1. The highest BCUT2D eigenvalue weighted by atomic mass is 16.5. The summed E-state index contributed by atoms with van der Waals surface area (Å²) >= 11 is 0. The van der Waals surface area contributed by atoms with Crippen LogP contribution in [-0.2, 0) is 6.42 Å². The maximum absolute atomic E-state index is 10.6. The first kappa shape index (κ1) is 14.6. The predicted octanol–water partition coefficient (Wildman–Crippen LogP) is 2.31. The minimum Gasteiger partial charge on any atom is -0.493 e. The van der Waals surface area contributed by atoms with Crippen molar-refractivity contribution in [3.05, 3.63) is 65.7 Å². The van der Waals surface area contributed by atoms with Crippen LogP contribution in [0.1, 0.15) is 11.1 Å². The van der Waals surface area contributed by atoms with E-state index in [1.807, 2.05) is 42.5 Å². The zero-order chi connectivity index (χ0) is 14.9. The van der Waals surface area contributed by atoms with Crippen LogP contribution in [0.2, 0.25) is 0 Å². The molecule has 0 atom stereocenters. The predicted molar refractivity (Wildman–Crippen MR) is 82.4 cm³/mol. The fraction of sp³-hybridized carbons (Fsp3) is 0.125. The number of rotatable bonds is 6. The summed E-state index contributed by atoms with van der Waals surface area (Å²) in [4.78, 5) is 10.6. The Morgan fingerprint density at radius 2 is 1.86 bits per heavy atom. The molecule has 0 aliphatic carbocycles. The van der Waals surface area contributed by atoms with Crippen molar-refractivity contribution in [1.82, 2.24) is 5.43 Å². The minimum atomic E-state index is -0.700. The number of nitrogens with two attached hydrogens (primary N) is 1. The molecule has 0 spiro atoms. The average molecular weight is 283 g/mol. The molecule has 5 nitrogen and oxygen atoms in total. The molecule has 5 heteroatoms. The Labute approximate surface area is 123 Å². The zero-order valence-electron chi connectivity index (χ0n) is 11.5. The van der Waals surface area contributed by atoms with E-state index in [0.29, 0.717) is 12.4 Å². The van der Waals surface area contributed by atoms with E-state index in [1.165, 1.54) is 11.8 Å². The summed E-state index contributed by atoms with van der Waals surface area (Å²) in [5.41, 5.74) is 9.10. The molecule has 0 fully saturated rings. The smallest absolute Gasteiger partial charge is 0.332 e. The lowest BCUT2D eigenvalue weighted by Crippen LogP contribution is -2.24. The molecule has 0 saturated carbocycles. The van der Waals surface area contributed by atoms with Crippen LogP contribution in [0.4, 0.5) is 4.79 Å². The third kappa shape index (κ3) is 4.99. The van der Waals surface area contributed by atoms with E-state index in [9.17, 15) is 4.79 Å². The Morgan fingerprint density at radius 3 is 2.62 bits per heavy atom. The molecule has 0 radical (unpaired) electrons. The van der Waals surface area contributed by atoms with E-state index in [4.69, 9.17) is 10.5 Å². The molecular formula is C16H17N3O2. The van der Waals surface area contributed by atoms with Gasteiger partial charge in [0, 0.05) is 12.0 Å². The van der Waals surface area contributed by atoms with Crippen molar-refractivity contribution in [3.63, 3.8) is 0 Å². The lowest BCUT2D eigenvalue weighted by molar-refractivity contribution is 0.249. The number of hydrogen-bond donors (Lipinski definition) is 2. The Balaban J connectivity index is 1.93. The standard InChI is InChI=1S/C16H17N3O2/c17-16(20)19-18-12-14-8-4-5-9-15(14)21-11-10-13-6-2-1-3-7-13/h1-9,12H,10-11H2,(H3,17,19,20). The van der Waals surface area contributed by atoms with Gasteiger partial charge in [-0.25, -0.2) is 10.2 Å². The highest BCUT2D eigenvalue weighted by molar-refractivity contribution is 5.84. The van der Waals surface area contributed by atoms with Crippen LogP contribution in [0.15, 0.2) is 59.7 Å². The van der Waals surface area contributed by atoms with Crippen molar-refractivity contribution in [3.8, 4) is 5.75 Å². The topological polar surface area (TPSA) is 76.7 Å². The van der Waals surface area contributed by atoms with Crippen molar-refractivity contribution in [2.45, 2.75) is 6.42 Å². The molecule has 0 saturated heterocycles. The number of benzene rings is 2. The van der Waals surface area contributed by atoms with Gasteiger partial charge in [-0.3, -0.25) is 0 Å². The van der Waals surface area contributed by atoms with Crippen LogP contribution in [0, 0.1) is 0 Å². The Morgan fingerprint density at radius 1 is 1.14 bits per heavy atom. The summed E-state index contributed by atoms with van der Waals surface area (Å²) in [6.45, 7) is 0.568. The number of ether oxygens (including phenoxy) is 1. The van der Waals surface area contributed by atoms with Gasteiger partial charge in [0.25, 0.3) is 0 Å². The molecule has 108 valence electrons. The second-order valence-electron chi connectivity index (χ2n) is 4.36. The van der Waals surface area contributed by atoms with Crippen molar-refractivity contribution in [2.24, 2.45) is 10.8 Å². The quantitative estimate of drug-likeness (QED) is 0.630. The van der Waals surface area contributed by atoms with Crippen molar-refractivity contribution in [1.29, 1.82) is 0 Å². The van der Waals surface area contributed by atoms with Gasteiger partial charge in [-0.05, 0) is 17.7 Å². The Bertz CT molecular complexity index is 612. The fourth-order valence-corrected chi connectivity index (χ4v) is 1.81. The average Bonchev–Trinajstić information content (AvgIpc) is 2.49. The normalized spacial score (nSPS) is 10.5. The van der Waals surface area contributed by atoms with Gasteiger partial charge in [-0.2, -0.15) is 5.10 Å². The molecular weight excluding hydrogens is 266 g/mol. The number of nitrogens with one attached hydrogen (secondary N) is 1.